The Bertz CT molecular complexity index is 821. The van der Waals surface area contributed by atoms with Gasteiger partial charge in [0, 0.05) is 24.4 Å². The standard InChI is InChI=1S/C14H10N4O/c1-18-13-11-10(6-7-15-13)16-17-12(11)8-4-2-3-5-9(8)14(18)19/h2-7H,1H3,(H,16,17). The van der Waals surface area contributed by atoms with Crippen LogP contribution in [0.3, 0.4) is 0 Å². The molecule has 1 amide bonds. The molecule has 1 aliphatic heterocycles. The SMILES string of the molecule is CN1C(=O)c2ccccc2-c2n[nH]c3ccnc1c23. The van der Waals surface area contributed by atoms with Crippen LogP contribution < -0.4 is 4.90 Å². The zero-order valence-electron chi connectivity index (χ0n) is 10.2. The summed E-state index contributed by atoms with van der Waals surface area (Å²) in [7, 11) is 1.74. The summed E-state index contributed by atoms with van der Waals surface area (Å²) in [4.78, 5) is 18.4. The molecule has 0 spiro atoms. The number of fused-ring (bicyclic) bond motifs is 2. The molecule has 4 rings (SSSR count). The zero-order valence-corrected chi connectivity index (χ0v) is 10.2. The maximum atomic E-state index is 12.5. The Morgan fingerprint density at radius 1 is 1.16 bits per heavy atom. The summed E-state index contributed by atoms with van der Waals surface area (Å²) in [5, 5.41) is 8.24. The Kier molecular flexibility index (Phi) is 1.84. The van der Waals surface area contributed by atoms with E-state index in [1.165, 1.54) is 0 Å². The fraction of sp³-hybridized carbons (Fsp3) is 0.0714. The van der Waals surface area contributed by atoms with Gasteiger partial charge in [0.05, 0.1) is 10.9 Å². The molecule has 3 heterocycles. The number of hydrogen-bond acceptors (Lipinski definition) is 3. The number of H-pyrrole nitrogens is 1. The molecule has 1 aromatic carbocycles. The Morgan fingerprint density at radius 2 is 1.95 bits per heavy atom. The van der Waals surface area contributed by atoms with Crippen LogP contribution in [0.5, 0.6) is 0 Å². The average Bonchev–Trinajstić information content (AvgIpc) is 2.86. The lowest BCUT2D eigenvalue weighted by atomic mass is 10.0. The third kappa shape index (κ3) is 1.21. The molecule has 5 nitrogen and oxygen atoms in total. The molecule has 3 aromatic rings. The van der Waals surface area contributed by atoms with Gasteiger partial charge in [-0.3, -0.25) is 14.8 Å². The lowest BCUT2D eigenvalue weighted by Crippen LogP contribution is -2.26. The molecule has 0 saturated carbocycles. The Morgan fingerprint density at radius 3 is 2.79 bits per heavy atom. The lowest BCUT2D eigenvalue weighted by molar-refractivity contribution is 0.0993. The second kappa shape index (κ2) is 3.41. The molecular formula is C14H10N4O. The number of hydrogen-bond donors (Lipinski definition) is 1. The highest BCUT2D eigenvalue weighted by molar-refractivity contribution is 6.18. The number of benzene rings is 1. The highest BCUT2D eigenvalue weighted by Gasteiger charge is 2.27. The maximum absolute atomic E-state index is 12.5. The molecule has 0 unspecified atom stereocenters. The Hall–Kier alpha value is -2.69. The van der Waals surface area contributed by atoms with Gasteiger partial charge in [0.1, 0.15) is 11.5 Å². The predicted octanol–water partition coefficient (Wildman–Crippen LogP) is 2.21. The molecule has 0 saturated heterocycles. The van der Waals surface area contributed by atoms with Crippen LogP contribution in [0, 0.1) is 0 Å². The zero-order chi connectivity index (χ0) is 13.0. The normalized spacial score (nSPS) is 13.5. The molecule has 1 aliphatic rings. The van der Waals surface area contributed by atoms with Crippen LogP contribution in [0.4, 0.5) is 5.82 Å². The third-order valence-corrected chi connectivity index (χ3v) is 3.49. The van der Waals surface area contributed by atoms with Crippen LogP contribution in [0.1, 0.15) is 10.4 Å². The number of amides is 1. The molecule has 0 aliphatic carbocycles. The first kappa shape index (κ1) is 10.3. The van der Waals surface area contributed by atoms with Crippen molar-refractivity contribution in [1.82, 2.24) is 15.2 Å². The number of aromatic nitrogens is 3. The summed E-state index contributed by atoms with van der Waals surface area (Å²) < 4.78 is 0. The van der Waals surface area contributed by atoms with Gasteiger partial charge in [0.2, 0.25) is 0 Å². The van der Waals surface area contributed by atoms with Gasteiger partial charge >= 0.3 is 0 Å². The van der Waals surface area contributed by atoms with E-state index < -0.39 is 0 Å². The first-order valence-electron chi connectivity index (χ1n) is 5.98. The average molecular weight is 250 g/mol. The molecule has 0 atom stereocenters. The summed E-state index contributed by atoms with van der Waals surface area (Å²) >= 11 is 0. The number of rotatable bonds is 0. The highest BCUT2D eigenvalue weighted by Crippen LogP contribution is 2.37. The number of anilines is 1. The summed E-state index contributed by atoms with van der Waals surface area (Å²) in [6.45, 7) is 0. The topological polar surface area (TPSA) is 61.9 Å². The van der Waals surface area contributed by atoms with Crippen LogP contribution in [0.15, 0.2) is 36.5 Å². The van der Waals surface area contributed by atoms with E-state index >= 15 is 0 Å². The van der Waals surface area contributed by atoms with E-state index in [2.05, 4.69) is 15.2 Å². The van der Waals surface area contributed by atoms with Crippen molar-refractivity contribution >= 4 is 22.6 Å². The molecule has 2 aromatic heterocycles. The van der Waals surface area contributed by atoms with Crippen molar-refractivity contribution in [3.05, 3.63) is 42.1 Å². The van der Waals surface area contributed by atoms with E-state index in [-0.39, 0.29) is 5.91 Å². The number of carbonyl (C=O) groups excluding carboxylic acids is 1. The van der Waals surface area contributed by atoms with E-state index in [0.717, 1.165) is 22.2 Å². The summed E-state index contributed by atoms with van der Waals surface area (Å²) in [6, 6.07) is 9.37. The van der Waals surface area contributed by atoms with Crippen LogP contribution in [0.25, 0.3) is 22.2 Å². The van der Waals surface area contributed by atoms with E-state index in [9.17, 15) is 4.79 Å². The van der Waals surface area contributed by atoms with Crippen molar-refractivity contribution in [2.75, 3.05) is 11.9 Å². The second-order valence-electron chi connectivity index (χ2n) is 4.54. The number of nitrogens with one attached hydrogen (secondary N) is 1. The molecule has 92 valence electrons. The van der Waals surface area contributed by atoms with E-state index in [0.29, 0.717) is 11.4 Å². The van der Waals surface area contributed by atoms with Gasteiger partial charge in [-0.2, -0.15) is 5.10 Å². The van der Waals surface area contributed by atoms with Crippen molar-refractivity contribution < 1.29 is 4.79 Å². The summed E-state index contributed by atoms with van der Waals surface area (Å²) in [5.74, 6) is 0.580. The molecule has 19 heavy (non-hydrogen) atoms. The number of carbonyl (C=O) groups is 1. The first-order chi connectivity index (χ1) is 9.27. The maximum Gasteiger partial charge on any atom is 0.259 e. The fourth-order valence-electron chi connectivity index (χ4n) is 2.55. The molecule has 1 N–H and O–H groups in total. The van der Waals surface area contributed by atoms with Crippen LogP contribution in [-0.4, -0.2) is 28.1 Å². The number of aromatic amines is 1. The summed E-state index contributed by atoms with van der Waals surface area (Å²) in [6.07, 6.45) is 1.68. The van der Waals surface area contributed by atoms with Gasteiger partial charge in [-0.25, -0.2) is 4.98 Å². The first-order valence-corrected chi connectivity index (χ1v) is 5.98. The van der Waals surface area contributed by atoms with Gasteiger partial charge in [-0.15, -0.1) is 0 Å². The van der Waals surface area contributed by atoms with Crippen molar-refractivity contribution in [3.63, 3.8) is 0 Å². The minimum Gasteiger partial charge on any atom is -0.295 e. The molecule has 5 heteroatoms. The third-order valence-electron chi connectivity index (χ3n) is 3.49. The lowest BCUT2D eigenvalue weighted by Gasteiger charge is -2.15. The van der Waals surface area contributed by atoms with Crippen LogP contribution in [-0.2, 0) is 0 Å². The quantitative estimate of drug-likeness (QED) is 0.665. The number of nitrogens with zero attached hydrogens (tertiary/aromatic N) is 3. The van der Waals surface area contributed by atoms with Crippen molar-refractivity contribution in [3.8, 4) is 11.3 Å². The minimum absolute atomic E-state index is 0.0615. The predicted molar refractivity (Wildman–Crippen MR) is 72.1 cm³/mol. The fourth-order valence-corrected chi connectivity index (χ4v) is 2.55. The Labute approximate surface area is 108 Å². The van der Waals surface area contributed by atoms with Gasteiger partial charge < -0.3 is 0 Å². The Balaban J connectivity index is 2.22. The molecule has 0 bridgehead atoms. The monoisotopic (exact) mass is 250 g/mol. The van der Waals surface area contributed by atoms with Gasteiger partial charge in [0.15, 0.2) is 0 Å². The van der Waals surface area contributed by atoms with Gasteiger partial charge in [-0.05, 0) is 12.1 Å². The molecule has 0 fully saturated rings. The van der Waals surface area contributed by atoms with Crippen molar-refractivity contribution in [2.45, 2.75) is 0 Å². The highest BCUT2D eigenvalue weighted by atomic mass is 16.2. The van der Waals surface area contributed by atoms with Crippen molar-refractivity contribution in [2.24, 2.45) is 0 Å². The summed E-state index contributed by atoms with van der Waals surface area (Å²) in [5.41, 5.74) is 3.16. The number of pyridine rings is 1. The van der Waals surface area contributed by atoms with Gasteiger partial charge in [0.25, 0.3) is 5.91 Å². The van der Waals surface area contributed by atoms with Crippen LogP contribution in [0.2, 0.25) is 0 Å². The smallest absolute Gasteiger partial charge is 0.259 e. The van der Waals surface area contributed by atoms with E-state index in [1.54, 1.807) is 18.1 Å². The van der Waals surface area contributed by atoms with E-state index in [1.807, 2.05) is 30.3 Å². The van der Waals surface area contributed by atoms with Crippen molar-refractivity contribution in [1.29, 1.82) is 0 Å². The van der Waals surface area contributed by atoms with Crippen LogP contribution >= 0.6 is 0 Å². The second-order valence-corrected chi connectivity index (χ2v) is 4.54. The molecule has 0 radical (unpaired) electrons. The van der Waals surface area contributed by atoms with Gasteiger partial charge in [-0.1, -0.05) is 18.2 Å². The molecular weight excluding hydrogens is 240 g/mol. The minimum atomic E-state index is -0.0615. The van der Waals surface area contributed by atoms with E-state index in [4.69, 9.17) is 0 Å². The largest absolute Gasteiger partial charge is 0.295 e.